The van der Waals surface area contributed by atoms with E-state index in [0.29, 0.717) is 23.7 Å². The number of nitrogens with zero attached hydrogens (tertiary/aromatic N) is 2. The second-order valence-electron chi connectivity index (χ2n) is 5.17. The lowest BCUT2D eigenvalue weighted by molar-refractivity contribution is 0.0936. The van der Waals surface area contributed by atoms with Crippen molar-refractivity contribution in [3.05, 3.63) is 29.6 Å². The van der Waals surface area contributed by atoms with Crippen molar-refractivity contribution in [2.24, 2.45) is 5.92 Å². The van der Waals surface area contributed by atoms with E-state index in [2.05, 4.69) is 22.2 Å². The van der Waals surface area contributed by atoms with Gasteiger partial charge < -0.3 is 15.3 Å². The SMILES string of the molecule is CN1CCCC(CNC(=O)c2ccnc(CO)c2)C1. The smallest absolute Gasteiger partial charge is 0.251 e. The van der Waals surface area contributed by atoms with Gasteiger partial charge in [-0.2, -0.15) is 0 Å². The summed E-state index contributed by atoms with van der Waals surface area (Å²) in [5.41, 5.74) is 1.08. The molecule has 2 N–H and O–H groups in total. The summed E-state index contributed by atoms with van der Waals surface area (Å²) in [4.78, 5) is 18.3. The van der Waals surface area contributed by atoms with Gasteiger partial charge in [-0.15, -0.1) is 0 Å². The highest BCUT2D eigenvalue weighted by Gasteiger charge is 2.18. The number of hydrogen-bond acceptors (Lipinski definition) is 4. The zero-order chi connectivity index (χ0) is 13.7. The van der Waals surface area contributed by atoms with Crippen molar-refractivity contribution in [1.82, 2.24) is 15.2 Å². The Hall–Kier alpha value is -1.46. The van der Waals surface area contributed by atoms with Crippen molar-refractivity contribution in [2.75, 3.05) is 26.7 Å². The highest BCUT2D eigenvalue weighted by Crippen LogP contribution is 2.14. The monoisotopic (exact) mass is 263 g/mol. The summed E-state index contributed by atoms with van der Waals surface area (Å²) in [6.45, 7) is 2.75. The largest absolute Gasteiger partial charge is 0.390 e. The van der Waals surface area contributed by atoms with Crippen molar-refractivity contribution in [3.63, 3.8) is 0 Å². The summed E-state index contributed by atoms with van der Waals surface area (Å²) in [6.07, 6.45) is 3.92. The molecule has 0 radical (unpaired) electrons. The van der Waals surface area contributed by atoms with Gasteiger partial charge in [0.25, 0.3) is 5.91 Å². The number of rotatable bonds is 4. The van der Waals surface area contributed by atoms with Crippen LogP contribution in [0, 0.1) is 5.92 Å². The average Bonchev–Trinajstić information content (AvgIpc) is 2.45. The third kappa shape index (κ3) is 4.01. The van der Waals surface area contributed by atoms with Crippen LogP contribution >= 0.6 is 0 Å². The van der Waals surface area contributed by atoms with Crippen molar-refractivity contribution >= 4 is 5.91 Å². The minimum Gasteiger partial charge on any atom is -0.390 e. The maximum atomic E-state index is 12.0. The molecule has 0 aromatic carbocycles. The van der Waals surface area contributed by atoms with Gasteiger partial charge in [-0.05, 0) is 44.5 Å². The molecular formula is C14H21N3O2. The van der Waals surface area contributed by atoms with Gasteiger partial charge in [-0.3, -0.25) is 9.78 Å². The van der Waals surface area contributed by atoms with E-state index in [4.69, 9.17) is 5.11 Å². The third-order valence-corrected chi connectivity index (χ3v) is 3.51. The van der Waals surface area contributed by atoms with Gasteiger partial charge in [0.15, 0.2) is 0 Å². The van der Waals surface area contributed by atoms with Crippen molar-refractivity contribution in [1.29, 1.82) is 0 Å². The maximum Gasteiger partial charge on any atom is 0.251 e. The van der Waals surface area contributed by atoms with Gasteiger partial charge in [-0.1, -0.05) is 0 Å². The minimum atomic E-state index is -0.144. The van der Waals surface area contributed by atoms with Crippen LogP contribution in [0.5, 0.6) is 0 Å². The maximum absolute atomic E-state index is 12.0. The lowest BCUT2D eigenvalue weighted by Crippen LogP contribution is -2.39. The second-order valence-corrected chi connectivity index (χ2v) is 5.17. The lowest BCUT2D eigenvalue weighted by Gasteiger charge is -2.29. The number of pyridine rings is 1. The Kier molecular flexibility index (Phi) is 4.87. The number of carbonyl (C=O) groups excluding carboxylic acids is 1. The molecule has 1 aromatic heterocycles. The fraction of sp³-hybridized carbons (Fsp3) is 0.571. The molecule has 104 valence electrons. The Morgan fingerprint density at radius 1 is 1.63 bits per heavy atom. The molecule has 1 unspecified atom stereocenters. The zero-order valence-corrected chi connectivity index (χ0v) is 11.3. The highest BCUT2D eigenvalue weighted by molar-refractivity contribution is 5.94. The Balaban J connectivity index is 1.86. The van der Waals surface area contributed by atoms with Gasteiger partial charge in [0.05, 0.1) is 12.3 Å². The van der Waals surface area contributed by atoms with E-state index in [1.54, 1.807) is 18.3 Å². The van der Waals surface area contributed by atoms with E-state index >= 15 is 0 Å². The molecule has 1 aromatic rings. The quantitative estimate of drug-likeness (QED) is 0.837. The molecule has 0 bridgehead atoms. The van der Waals surface area contributed by atoms with Gasteiger partial charge >= 0.3 is 0 Å². The molecule has 2 rings (SSSR count). The first kappa shape index (κ1) is 14.0. The van der Waals surface area contributed by atoms with Gasteiger partial charge in [0, 0.05) is 24.8 Å². The number of amides is 1. The summed E-state index contributed by atoms with van der Waals surface area (Å²) in [6, 6.07) is 3.30. The molecule has 1 amide bonds. The number of piperidine rings is 1. The number of aliphatic hydroxyl groups excluding tert-OH is 1. The van der Waals surface area contributed by atoms with Crippen LogP contribution in [-0.2, 0) is 6.61 Å². The molecule has 1 saturated heterocycles. The van der Waals surface area contributed by atoms with Crippen LogP contribution in [0.3, 0.4) is 0 Å². The molecule has 0 spiro atoms. The van der Waals surface area contributed by atoms with Crippen molar-refractivity contribution in [3.8, 4) is 0 Å². The van der Waals surface area contributed by atoms with E-state index in [1.165, 1.54) is 12.8 Å². The van der Waals surface area contributed by atoms with Gasteiger partial charge in [-0.25, -0.2) is 0 Å². The minimum absolute atomic E-state index is 0.0923. The van der Waals surface area contributed by atoms with Gasteiger partial charge in [0.2, 0.25) is 0 Å². The van der Waals surface area contributed by atoms with Crippen LogP contribution < -0.4 is 5.32 Å². The Labute approximate surface area is 113 Å². The van der Waals surface area contributed by atoms with Gasteiger partial charge in [0.1, 0.15) is 0 Å². The standard InChI is InChI=1S/C14H21N3O2/c1-17-6-2-3-11(9-17)8-16-14(19)12-4-5-15-13(7-12)10-18/h4-5,7,11,18H,2-3,6,8-10H2,1H3,(H,16,19). The average molecular weight is 263 g/mol. The number of likely N-dealkylation sites (tertiary alicyclic amines) is 1. The molecule has 5 nitrogen and oxygen atoms in total. The summed E-state index contributed by atoms with van der Waals surface area (Å²) < 4.78 is 0. The molecule has 19 heavy (non-hydrogen) atoms. The lowest BCUT2D eigenvalue weighted by atomic mass is 9.98. The van der Waals surface area contributed by atoms with Crippen molar-refractivity contribution in [2.45, 2.75) is 19.4 Å². The fourth-order valence-corrected chi connectivity index (χ4v) is 2.48. The predicted molar refractivity (Wildman–Crippen MR) is 72.7 cm³/mol. The fourth-order valence-electron chi connectivity index (χ4n) is 2.48. The van der Waals surface area contributed by atoms with E-state index in [0.717, 1.165) is 13.1 Å². The summed E-state index contributed by atoms with van der Waals surface area (Å²) >= 11 is 0. The first-order valence-corrected chi connectivity index (χ1v) is 6.71. The molecule has 0 aliphatic carbocycles. The van der Waals surface area contributed by atoms with Crippen LogP contribution in [0.15, 0.2) is 18.3 Å². The number of hydrogen-bond donors (Lipinski definition) is 2. The van der Waals surface area contributed by atoms with Crippen molar-refractivity contribution < 1.29 is 9.90 Å². The Morgan fingerprint density at radius 3 is 3.21 bits per heavy atom. The van der Waals surface area contributed by atoms with E-state index < -0.39 is 0 Å². The molecule has 1 aliphatic heterocycles. The number of aliphatic hydroxyl groups is 1. The second kappa shape index (κ2) is 6.63. The summed E-state index contributed by atoms with van der Waals surface area (Å²) in [5, 5.41) is 12.0. The summed E-state index contributed by atoms with van der Waals surface area (Å²) in [5.74, 6) is 0.437. The third-order valence-electron chi connectivity index (χ3n) is 3.51. The van der Waals surface area contributed by atoms with E-state index in [9.17, 15) is 4.79 Å². The molecular weight excluding hydrogens is 242 g/mol. The van der Waals surface area contributed by atoms with Crippen LogP contribution in [0.1, 0.15) is 28.9 Å². The van der Waals surface area contributed by atoms with Crippen LogP contribution in [0.25, 0.3) is 0 Å². The molecule has 1 atom stereocenters. The number of aromatic nitrogens is 1. The van der Waals surface area contributed by atoms with E-state index in [-0.39, 0.29) is 12.5 Å². The van der Waals surface area contributed by atoms with E-state index in [1.807, 2.05) is 0 Å². The highest BCUT2D eigenvalue weighted by atomic mass is 16.3. The molecule has 5 heteroatoms. The molecule has 0 saturated carbocycles. The first-order valence-electron chi connectivity index (χ1n) is 6.71. The number of nitrogens with one attached hydrogen (secondary N) is 1. The topological polar surface area (TPSA) is 65.5 Å². The molecule has 2 heterocycles. The Bertz CT molecular complexity index is 436. The van der Waals surface area contributed by atoms with Crippen LogP contribution in [0.4, 0.5) is 0 Å². The molecule has 1 aliphatic rings. The Morgan fingerprint density at radius 2 is 2.47 bits per heavy atom. The molecule has 1 fully saturated rings. The number of carbonyl (C=O) groups is 1. The predicted octanol–water partition coefficient (Wildman–Crippen LogP) is 0.645. The van der Waals surface area contributed by atoms with Crippen LogP contribution in [-0.4, -0.2) is 47.6 Å². The van der Waals surface area contributed by atoms with Crippen LogP contribution in [0.2, 0.25) is 0 Å². The summed E-state index contributed by atoms with van der Waals surface area (Å²) in [7, 11) is 2.12. The zero-order valence-electron chi connectivity index (χ0n) is 11.3. The first-order chi connectivity index (χ1) is 9.19. The normalized spacial score (nSPS) is 20.2.